The van der Waals surface area contributed by atoms with Gasteiger partial charge in [-0.3, -0.25) is 62.6 Å². The Morgan fingerprint density at radius 3 is 1.60 bits per heavy atom. The van der Waals surface area contributed by atoms with Gasteiger partial charge in [-0.1, -0.05) is 105 Å². The van der Waals surface area contributed by atoms with Crippen molar-refractivity contribution in [1.29, 1.82) is 0 Å². The summed E-state index contributed by atoms with van der Waals surface area (Å²) in [6.07, 6.45) is 14.8. The number of hydrogen-bond acceptors (Lipinski definition) is 19. The number of halogens is 1. The van der Waals surface area contributed by atoms with Crippen LogP contribution in [-0.2, 0) is 39.9 Å². The van der Waals surface area contributed by atoms with Gasteiger partial charge in [0, 0.05) is 182 Å². The van der Waals surface area contributed by atoms with E-state index >= 15 is 4.39 Å². The SMILES string of the molecule is CC(C)(C)CC1SC(CC(=O)N2CCC(n3c(=O)[nH]c4ncccc43)CC2)C(=O)N1c1ccc(N2CCOCC2)cc1.CC(C)(C)CC1SC(CC(=O)N2CCC(n3c(=O)[nH]c4ncccc43)CC2)C(=O)N1c1ccccc1N1CCCCC1.CC(C)N1CCN(c2c(F)cccc2[C@H]2S[C@](C)(CC(=O)N3CCC(N4CCc5ccccc5NC4=O)CC3)C(=O)N2CCC(C)(C)C)CC1.[HH].[HH].[HH].[HH]. The number of H-pyrrole nitrogens is 2. The fourth-order valence-electron chi connectivity index (χ4n) is 20.9. The second-order valence-corrected chi connectivity index (χ2v) is 46.2. The van der Waals surface area contributed by atoms with Crippen molar-refractivity contribution in [3.05, 3.63) is 166 Å². The van der Waals surface area contributed by atoms with Crippen LogP contribution in [0, 0.1) is 22.1 Å². The summed E-state index contributed by atoms with van der Waals surface area (Å²) < 4.78 is 23.9. The molecule has 0 saturated carbocycles. The minimum Gasteiger partial charge on any atom is -0.378 e. The first kappa shape index (κ1) is 97.2. The number of piperazine rings is 1. The van der Waals surface area contributed by atoms with Crippen molar-refractivity contribution in [3.63, 3.8) is 0 Å². The summed E-state index contributed by atoms with van der Waals surface area (Å²) in [6.45, 7) is 38.9. The van der Waals surface area contributed by atoms with E-state index < -0.39 is 20.6 Å². The molecule has 8 amide bonds. The van der Waals surface area contributed by atoms with Gasteiger partial charge in [0.1, 0.15) is 15.9 Å². The van der Waals surface area contributed by atoms with Gasteiger partial charge in [0.2, 0.25) is 35.4 Å². The number of carbonyl (C=O) groups excluding carboxylic acids is 7. The Morgan fingerprint density at radius 1 is 0.530 bits per heavy atom. The lowest BCUT2D eigenvalue weighted by atomic mass is 9.91. The number of rotatable bonds is 20. The van der Waals surface area contributed by atoms with E-state index in [1.807, 2.05) is 108 Å². The molecule has 18 rings (SSSR count). The summed E-state index contributed by atoms with van der Waals surface area (Å²) >= 11 is 4.77. The number of hydrogen-bond donors (Lipinski definition) is 3. The number of thioether (sulfide) groups is 3. The summed E-state index contributed by atoms with van der Waals surface area (Å²) in [5.41, 5.74) is 10.0. The molecule has 6 atom stereocenters. The highest BCUT2D eigenvalue weighted by molar-refractivity contribution is 8.02. The molecule has 8 aromatic rings. The smallest absolute Gasteiger partial charge is 0.327 e. The number of para-hydroxylation sites is 4. The van der Waals surface area contributed by atoms with Crippen LogP contribution in [0.3, 0.4) is 0 Å². The Morgan fingerprint density at radius 2 is 1.04 bits per heavy atom. The van der Waals surface area contributed by atoms with Crippen LogP contribution in [0.1, 0.15) is 214 Å². The molecule has 28 nitrogen and oxygen atoms in total. The first-order valence-corrected chi connectivity index (χ1v) is 51.5. The van der Waals surface area contributed by atoms with E-state index in [0.29, 0.717) is 114 Å². The van der Waals surface area contributed by atoms with Gasteiger partial charge in [0.05, 0.1) is 69.0 Å². The van der Waals surface area contributed by atoms with E-state index in [4.69, 9.17) is 4.74 Å². The quantitative estimate of drug-likeness (QED) is 0.0639. The summed E-state index contributed by atoms with van der Waals surface area (Å²) in [4.78, 5) is 159. The zero-order chi connectivity index (χ0) is 94.7. The number of amides is 8. The van der Waals surface area contributed by atoms with E-state index in [1.54, 1.807) is 51.1 Å². The van der Waals surface area contributed by atoms with Crippen LogP contribution in [0.25, 0.3) is 22.3 Å². The molecule has 0 spiro atoms. The van der Waals surface area contributed by atoms with Gasteiger partial charge in [0.15, 0.2) is 11.3 Å². The Labute approximate surface area is 806 Å². The molecule has 728 valence electrons. The highest BCUT2D eigenvalue weighted by atomic mass is 32.2. The van der Waals surface area contributed by atoms with Crippen molar-refractivity contribution in [2.75, 3.05) is 148 Å². The van der Waals surface area contributed by atoms with Crippen LogP contribution in [-0.4, -0.2) is 256 Å². The van der Waals surface area contributed by atoms with Crippen LogP contribution in [0.4, 0.5) is 43.3 Å². The molecule has 10 aliphatic rings. The average molecular weight is 1900 g/mol. The highest BCUT2D eigenvalue weighted by Gasteiger charge is 2.54. The van der Waals surface area contributed by atoms with Crippen molar-refractivity contribution in [1.82, 2.24) is 58.5 Å². The van der Waals surface area contributed by atoms with Crippen molar-refractivity contribution >= 4 is 133 Å². The highest BCUT2D eigenvalue weighted by Crippen LogP contribution is 2.55. The Bertz CT molecular complexity index is 5650. The number of urea groups is 1. The van der Waals surface area contributed by atoms with Crippen molar-refractivity contribution in [2.24, 2.45) is 16.2 Å². The zero-order valence-electron chi connectivity index (χ0n) is 80.3. The minimum atomic E-state index is -0.979. The molecule has 4 aromatic heterocycles. The third kappa shape index (κ3) is 22.3. The van der Waals surface area contributed by atoms with E-state index in [-0.39, 0.29) is 129 Å². The molecule has 0 radical (unpaired) electrons. The number of piperidine rings is 4. The lowest BCUT2D eigenvalue weighted by Crippen LogP contribution is -2.51. The number of nitrogens with zero attached hydrogens (tertiary/aromatic N) is 15. The normalized spacial score (nSPS) is 23.0. The second kappa shape index (κ2) is 41.6. The largest absolute Gasteiger partial charge is 0.378 e. The number of ether oxygens (including phenoxy) is 1. The van der Waals surface area contributed by atoms with E-state index in [0.717, 1.165) is 142 Å². The van der Waals surface area contributed by atoms with Gasteiger partial charge in [0.25, 0.3) is 0 Å². The molecule has 10 aliphatic heterocycles. The summed E-state index contributed by atoms with van der Waals surface area (Å²) in [6, 6.07) is 37.6. The Hall–Kier alpha value is -9.89. The van der Waals surface area contributed by atoms with Gasteiger partial charge >= 0.3 is 17.4 Å². The number of likely N-dealkylation sites (tertiary alicyclic amines) is 3. The predicted molar refractivity (Wildman–Crippen MR) is 543 cm³/mol. The van der Waals surface area contributed by atoms with Crippen LogP contribution in [0.5, 0.6) is 0 Å². The van der Waals surface area contributed by atoms with E-state index in [9.17, 15) is 43.2 Å². The monoisotopic (exact) mass is 1900 g/mol. The Kier molecular flexibility index (Phi) is 30.2. The summed E-state index contributed by atoms with van der Waals surface area (Å²) in [7, 11) is 0. The Balaban J connectivity index is 0.000000184. The first-order chi connectivity index (χ1) is 64.1. The number of carbonyl (C=O) groups is 7. The molecule has 134 heavy (non-hydrogen) atoms. The number of benzene rings is 4. The number of fused-ring (bicyclic) bond motifs is 3. The lowest BCUT2D eigenvalue weighted by Gasteiger charge is -2.40. The molecule has 9 saturated heterocycles. The maximum absolute atomic E-state index is 15.8. The number of pyridine rings is 2. The average Bonchev–Trinajstić information content (AvgIpc) is 1.60. The van der Waals surface area contributed by atoms with E-state index in [1.165, 1.54) is 37.1 Å². The molecule has 14 heterocycles. The van der Waals surface area contributed by atoms with Gasteiger partial charge in [-0.25, -0.2) is 28.7 Å². The molecular weight excluding hydrogens is 1750 g/mol. The summed E-state index contributed by atoms with van der Waals surface area (Å²) in [5.74, 6) is -0.284. The number of anilines is 6. The number of nitrogens with one attached hydrogen (secondary N) is 3. The number of imidazole rings is 2. The van der Waals surface area contributed by atoms with Gasteiger partial charge < -0.3 is 49.3 Å². The molecular formula is C102H145FN18O10S3. The number of aromatic amines is 2. The van der Waals surface area contributed by atoms with Crippen LogP contribution < -0.4 is 41.2 Å². The zero-order valence-corrected chi connectivity index (χ0v) is 82.7. The number of aromatic nitrogens is 6. The van der Waals surface area contributed by atoms with Gasteiger partial charge in [-0.15, -0.1) is 35.3 Å². The number of morpholine rings is 1. The molecule has 3 N–H and O–H groups in total. The van der Waals surface area contributed by atoms with Gasteiger partial charge in [-0.05, 0) is 199 Å². The lowest BCUT2D eigenvalue weighted by molar-refractivity contribution is -0.139. The molecule has 9 fully saturated rings. The maximum Gasteiger partial charge on any atom is 0.327 e. The fraction of sp³-hybridized carbons (Fsp3) is 0.578. The predicted octanol–water partition coefficient (Wildman–Crippen LogP) is 16.8. The van der Waals surface area contributed by atoms with Crippen molar-refractivity contribution < 1.29 is 48.4 Å². The fourth-order valence-corrected chi connectivity index (χ4v) is 26.1. The van der Waals surface area contributed by atoms with E-state index in [2.05, 4.69) is 157 Å². The standard InChI is InChI=1S/C39H55FN6O3S.C32H42N6O3S.C31H40N6O4S.4H2/c1-27(2)42-22-24-44(25-23-42)34-30(11-9-12-31(34)40)35-46(21-17-38(3,4)5)36(48)39(6,50-35)26-33(47)43-18-15-29(16-19-43)45-20-14-28-10-7-8-13-32(28)41-37(45)49;1-32(2,3)21-28-38(24-11-6-5-10-23(24)35-16-7-4-8-17-35)30(40)26(42-28)20-27(39)36-18-13-22(14-19-36)37-25-12-9-15-33-29(25)34-31(37)41;1-31(2,3)20-27-37(22-8-6-21(7-9-22)34-15-17-41-18-16-34)29(39)25(42-27)19-26(38)35-13-10-23(11-14-35)36-24-5-4-12-32-28(24)33-30(36)40;;;;/h7-13,27,29,35H,14-26H2,1-6H3,(H,41,49);5-6,9-12,15,22,26,28H,4,7-8,13-14,16-21H2,1-3H3,(H,33,34,41);4-9,12,23,25,27H,10-11,13-20H2,1-3H3,(H,32,33,40);4*1H/t35-,39-;;;;;;/m1....../s1. The third-order valence-electron chi connectivity index (χ3n) is 28.2. The molecule has 0 bridgehead atoms. The van der Waals surface area contributed by atoms with Gasteiger partial charge in [-0.2, -0.15) is 0 Å². The molecule has 4 aromatic carbocycles. The topological polar surface area (TPSA) is 278 Å². The van der Waals surface area contributed by atoms with Crippen LogP contribution in [0.2, 0.25) is 0 Å². The molecule has 4 unspecified atom stereocenters. The van der Waals surface area contributed by atoms with Crippen LogP contribution in [0.15, 0.2) is 137 Å². The second-order valence-electron chi connectivity index (χ2n) is 41.9. The maximum atomic E-state index is 15.8. The third-order valence-corrected chi connectivity index (χ3v) is 32.6. The first-order valence-electron chi connectivity index (χ1n) is 48.7. The molecule has 0 aliphatic carbocycles. The van der Waals surface area contributed by atoms with Crippen molar-refractivity contribution in [3.8, 4) is 0 Å². The summed E-state index contributed by atoms with van der Waals surface area (Å²) in [5, 5.41) is 1.81. The molecule has 32 heteroatoms. The van der Waals surface area contributed by atoms with Crippen LogP contribution >= 0.6 is 35.3 Å². The van der Waals surface area contributed by atoms with Crippen molar-refractivity contribution in [2.45, 2.75) is 241 Å². The minimum absolute atomic E-state index is 0.